The summed E-state index contributed by atoms with van der Waals surface area (Å²) >= 11 is 0. The normalized spacial score (nSPS) is 22.6. The molecular formula is C17H27N3O. The van der Waals surface area contributed by atoms with Crippen LogP contribution in [0, 0.1) is 0 Å². The van der Waals surface area contributed by atoms with Crippen LogP contribution in [0.15, 0.2) is 30.3 Å². The first-order chi connectivity index (χ1) is 9.99. The number of nitrogens with one attached hydrogen (secondary N) is 1. The van der Waals surface area contributed by atoms with Crippen molar-refractivity contribution in [3.8, 4) is 0 Å². The van der Waals surface area contributed by atoms with E-state index in [1.807, 2.05) is 23.1 Å². The first-order valence-corrected chi connectivity index (χ1v) is 7.79. The van der Waals surface area contributed by atoms with Gasteiger partial charge < -0.3 is 9.80 Å². The number of nitrogens with zero attached hydrogens (tertiary/aromatic N) is 2. The molecule has 1 saturated heterocycles. The number of rotatable bonds is 6. The monoisotopic (exact) mass is 289 g/mol. The second kappa shape index (κ2) is 7.05. The van der Waals surface area contributed by atoms with Gasteiger partial charge in [-0.15, -0.1) is 0 Å². The summed E-state index contributed by atoms with van der Waals surface area (Å²) in [5, 5.41) is 3.41. The maximum atomic E-state index is 12.5. The average Bonchev–Trinajstić information content (AvgIpc) is 2.72. The highest BCUT2D eigenvalue weighted by Gasteiger charge is 2.35. The molecule has 1 heterocycles. The van der Waals surface area contributed by atoms with E-state index in [-0.39, 0.29) is 18.1 Å². The second-order valence-corrected chi connectivity index (χ2v) is 6.19. The zero-order chi connectivity index (χ0) is 15.4. The lowest BCUT2D eigenvalue weighted by Crippen LogP contribution is -2.41. The molecule has 1 aromatic carbocycles. The fourth-order valence-corrected chi connectivity index (χ4v) is 2.67. The molecule has 1 amide bonds. The molecule has 116 valence electrons. The Morgan fingerprint density at radius 1 is 1.29 bits per heavy atom. The summed E-state index contributed by atoms with van der Waals surface area (Å²) in [6.45, 7) is 8.11. The fraction of sp³-hybridized carbons (Fsp3) is 0.588. The molecule has 0 spiro atoms. The molecule has 1 fully saturated rings. The molecule has 0 aliphatic carbocycles. The van der Waals surface area contributed by atoms with E-state index in [2.05, 4.69) is 50.2 Å². The third-order valence-electron chi connectivity index (χ3n) is 4.35. The molecule has 0 radical (unpaired) electrons. The molecule has 0 bridgehead atoms. The van der Waals surface area contributed by atoms with Gasteiger partial charge in [0, 0.05) is 19.1 Å². The van der Waals surface area contributed by atoms with E-state index >= 15 is 0 Å². The van der Waals surface area contributed by atoms with Crippen molar-refractivity contribution >= 4 is 5.91 Å². The number of hydrogen-bond donors (Lipinski definition) is 1. The summed E-state index contributed by atoms with van der Waals surface area (Å²) in [4.78, 5) is 16.8. The van der Waals surface area contributed by atoms with Crippen LogP contribution < -0.4 is 5.32 Å². The highest BCUT2D eigenvalue weighted by atomic mass is 16.2. The minimum atomic E-state index is -0.0910. The van der Waals surface area contributed by atoms with Gasteiger partial charge in [0.25, 0.3) is 0 Å². The molecule has 2 atom stereocenters. The second-order valence-electron chi connectivity index (χ2n) is 6.19. The first kappa shape index (κ1) is 16.0. The molecular weight excluding hydrogens is 262 g/mol. The van der Waals surface area contributed by atoms with E-state index in [0.29, 0.717) is 6.04 Å². The molecule has 4 nitrogen and oxygen atoms in total. The van der Waals surface area contributed by atoms with Crippen LogP contribution in [0.3, 0.4) is 0 Å². The van der Waals surface area contributed by atoms with Crippen molar-refractivity contribution in [1.82, 2.24) is 15.1 Å². The molecule has 4 heteroatoms. The van der Waals surface area contributed by atoms with Gasteiger partial charge in [-0.05, 0) is 39.8 Å². The van der Waals surface area contributed by atoms with E-state index in [4.69, 9.17) is 0 Å². The van der Waals surface area contributed by atoms with Gasteiger partial charge >= 0.3 is 0 Å². The lowest BCUT2D eigenvalue weighted by atomic mass is 10.1. The topological polar surface area (TPSA) is 35.6 Å². The predicted molar refractivity (Wildman–Crippen MR) is 86.0 cm³/mol. The van der Waals surface area contributed by atoms with Crippen molar-refractivity contribution in [2.75, 3.05) is 20.1 Å². The lowest BCUT2D eigenvalue weighted by Gasteiger charge is -2.26. The van der Waals surface area contributed by atoms with Gasteiger partial charge in [-0.1, -0.05) is 30.3 Å². The van der Waals surface area contributed by atoms with Crippen molar-refractivity contribution in [3.63, 3.8) is 0 Å². The molecule has 0 saturated carbocycles. The number of hydrogen-bond acceptors (Lipinski definition) is 3. The van der Waals surface area contributed by atoms with Crippen LogP contribution in [0.5, 0.6) is 0 Å². The minimum absolute atomic E-state index is 0.0910. The third-order valence-corrected chi connectivity index (χ3v) is 4.35. The molecule has 21 heavy (non-hydrogen) atoms. The van der Waals surface area contributed by atoms with Gasteiger partial charge in [0.1, 0.15) is 0 Å². The molecule has 0 aromatic heterocycles. The van der Waals surface area contributed by atoms with Crippen molar-refractivity contribution in [2.45, 2.75) is 45.4 Å². The molecule has 2 rings (SSSR count). The summed E-state index contributed by atoms with van der Waals surface area (Å²) in [7, 11) is 2.10. The van der Waals surface area contributed by atoms with Crippen LogP contribution in [-0.2, 0) is 11.2 Å². The summed E-state index contributed by atoms with van der Waals surface area (Å²) in [5.41, 5.74) is 1.21. The molecule has 1 N–H and O–H groups in total. The number of carbonyl (C=O) groups excluding carboxylic acids is 1. The molecule has 2 unspecified atom stereocenters. The number of likely N-dealkylation sites (N-methyl/N-ethyl adjacent to an activating group) is 1. The van der Waals surface area contributed by atoms with Gasteiger partial charge in [0.2, 0.25) is 5.91 Å². The fourth-order valence-electron chi connectivity index (χ4n) is 2.67. The van der Waals surface area contributed by atoms with Crippen molar-refractivity contribution < 1.29 is 4.79 Å². The van der Waals surface area contributed by atoms with Crippen LogP contribution >= 0.6 is 0 Å². The van der Waals surface area contributed by atoms with Crippen LogP contribution in [-0.4, -0.2) is 54.1 Å². The summed E-state index contributed by atoms with van der Waals surface area (Å²) in [6.07, 6.45) is 0.882. The number of amides is 1. The van der Waals surface area contributed by atoms with Gasteiger partial charge in [0.15, 0.2) is 0 Å². The summed E-state index contributed by atoms with van der Waals surface area (Å²) in [6, 6.07) is 10.6. The Bertz CT molecular complexity index is 460. The van der Waals surface area contributed by atoms with Crippen molar-refractivity contribution in [3.05, 3.63) is 35.9 Å². The third kappa shape index (κ3) is 4.05. The Morgan fingerprint density at radius 3 is 2.57 bits per heavy atom. The van der Waals surface area contributed by atoms with Crippen molar-refractivity contribution in [1.29, 1.82) is 0 Å². The standard InChI is InChI=1S/C17H27N3O/c1-13(2)19(4)10-11-20-14(3)18-16(17(20)21)12-15-8-6-5-7-9-15/h5-9,13-14,16,18H,10-12H2,1-4H3. The highest BCUT2D eigenvalue weighted by molar-refractivity contribution is 5.84. The van der Waals surface area contributed by atoms with E-state index in [0.717, 1.165) is 19.5 Å². The SMILES string of the molecule is CC(C)N(C)CCN1C(=O)C(Cc2ccccc2)NC1C. The Kier molecular flexibility index (Phi) is 5.37. The maximum absolute atomic E-state index is 12.5. The van der Waals surface area contributed by atoms with Crippen LogP contribution in [0.25, 0.3) is 0 Å². The number of benzene rings is 1. The van der Waals surface area contributed by atoms with Gasteiger partial charge in [0.05, 0.1) is 12.2 Å². The van der Waals surface area contributed by atoms with Crippen LogP contribution in [0.4, 0.5) is 0 Å². The van der Waals surface area contributed by atoms with E-state index in [1.54, 1.807) is 0 Å². The lowest BCUT2D eigenvalue weighted by molar-refractivity contribution is -0.130. The molecule has 1 aliphatic rings. The van der Waals surface area contributed by atoms with Gasteiger partial charge in [-0.3, -0.25) is 10.1 Å². The quantitative estimate of drug-likeness (QED) is 0.866. The Labute approximate surface area is 128 Å². The minimum Gasteiger partial charge on any atom is -0.325 e. The average molecular weight is 289 g/mol. The maximum Gasteiger partial charge on any atom is 0.241 e. The molecule has 1 aromatic rings. The first-order valence-electron chi connectivity index (χ1n) is 7.79. The van der Waals surface area contributed by atoms with Crippen LogP contribution in [0.2, 0.25) is 0 Å². The van der Waals surface area contributed by atoms with Gasteiger partial charge in [-0.2, -0.15) is 0 Å². The zero-order valence-electron chi connectivity index (χ0n) is 13.5. The predicted octanol–water partition coefficient (Wildman–Crippen LogP) is 1.72. The van der Waals surface area contributed by atoms with E-state index in [9.17, 15) is 4.79 Å². The largest absolute Gasteiger partial charge is 0.325 e. The Morgan fingerprint density at radius 2 is 1.95 bits per heavy atom. The zero-order valence-corrected chi connectivity index (χ0v) is 13.5. The van der Waals surface area contributed by atoms with E-state index in [1.165, 1.54) is 5.56 Å². The molecule has 1 aliphatic heterocycles. The Hall–Kier alpha value is -1.39. The number of carbonyl (C=O) groups is 1. The van der Waals surface area contributed by atoms with Crippen molar-refractivity contribution in [2.24, 2.45) is 0 Å². The summed E-state index contributed by atoms with van der Waals surface area (Å²) in [5.74, 6) is 0.225. The van der Waals surface area contributed by atoms with Gasteiger partial charge in [-0.25, -0.2) is 0 Å². The van der Waals surface area contributed by atoms with E-state index < -0.39 is 0 Å². The summed E-state index contributed by atoms with van der Waals surface area (Å²) < 4.78 is 0. The highest BCUT2D eigenvalue weighted by Crippen LogP contribution is 2.15. The smallest absolute Gasteiger partial charge is 0.241 e. The Balaban J connectivity index is 1.92. The van der Waals surface area contributed by atoms with Crippen LogP contribution in [0.1, 0.15) is 26.3 Å².